The summed E-state index contributed by atoms with van der Waals surface area (Å²) in [4.78, 5) is 106. The Morgan fingerprint density at radius 1 is 1.09 bits per heavy atom. The topological polar surface area (TPSA) is 415 Å². The third-order valence-electron chi connectivity index (χ3n) is 7.39. The van der Waals surface area contributed by atoms with E-state index in [4.69, 9.17) is 10.5 Å². The number of thioether (sulfide) groups is 1. The number of aliphatic hydroxyl groups is 2. The minimum atomic E-state index is -5.94. The number of carboxylic acids is 1. The number of aliphatic hydroxyl groups excluding tert-OH is 2. The van der Waals surface area contributed by atoms with Gasteiger partial charge in [-0.2, -0.15) is 0 Å². The molecule has 30 heteroatoms. The summed E-state index contributed by atoms with van der Waals surface area (Å²) < 4.78 is 60.3. The molecule has 0 radical (unpaired) electrons. The van der Waals surface area contributed by atoms with E-state index in [2.05, 4.69) is 50.0 Å². The minimum Gasteiger partial charge on any atom is -0.790 e. The number of hydrogen-bond donors (Lipinski definition) is 5. The average molecular weight is 875 g/mol. The van der Waals surface area contributed by atoms with Gasteiger partial charge in [0.05, 0.1) is 33.3 Å². The van der Waals surface area contributed by atoms with Crippen molar-refractivity contribution in [2.75, 3.05) is 37.8 Å². The molecule has 0 aliphatic carbocycles. The zero-order valence-corrected chi connectivity index (χ0v) is 32.6. The van der Waals surface area contributed by atoms with Gasteiger partial charge in [-0.3, -0.25) is 28.1 Å². The van der Waals surface area contributed by atoms with E-state index in [1.165, 1.54) is 0 Å². The van der Waals surface area contributed by atoms with Gasteiger partial charge in [0.2, 0.25) is 11.8 Å². The molecule has 0 aromatic carbocycles. The van der Waals surface area contributed by atoms with Crippen molar-refractivity contribution in [3.05, 3.63) is 24.8 Å². The van der Waals surface area contributed by atoms with Gasteiger partial charge in [-0.1, -0.05) is 32.2 Å². The number of carboxylic acid groups (broad SMARTS) is 1. The Morgan fingerprint density at radius 2 is 1.75 bits per heavy atom. The Labute approximate surface area is 320 Å². The molecule has 1 saturated heterocycles. The number of aliphatic carboxylic acids is 1. The number of nitrogens with two attached hydrogens (primary N) is 1. The maximum atomic E-state index is 12.5. The molecule has 7 atom stereocenters. The summed E-state index contributed by atoms with van der Waals surface area (Å²) in [6.45, 7) is 2.89. The molecular weight excluding hydrogens is 839 g/mol. The van der Waals surface area contributed by atoms with Crippen LogP contribution in [0.3, 0.4) is 0 Å². The van der Waals surface area contributed by atoms with E-state index in [1.807, 2.05) is 0 Å². The molecule has 3 heterocycles. The van der Waals surface area contributed by atoms with E-state index in [-0.39, 0.29) is 42.2 Å². The van der Waals surface area contributed by atoms with Crippen molar-refractivity contribution in [3.8, 4) is 0 Å². The number of ether oxygens (including phenoxy) is 1. The molecule has 2 unspecified atom stereocenters. The lowest BCUT2D eigenvalue weighted by molar-refractivity contribution is -0.347. The fraction of sp³-hybridized carbons (Fsp3) is 0.577. The quantitative estimate of drug-likeness (QED) is 0.0419. The van der Waals surface area contributed by atoms with Crippen LogP contribution in [0.4, 0.5) is 5.82 Å². The molecule has 2 amide bonds. The number of carbonyl (C=O) groups excluding carboxylic acids is 4. The normalized spacial score (nSPS) is 21.5. The molecule has 26 nitrogen and oxygen atoms in total. The summed E-state index contributed by atoms with van der Waals surface area (Å²) in [6.07, 6.45) is -8.26. The average Bonchev–Trinajstić information content (AvgIpc) is 3.64. The highest BCUT2D eigenvalue weighted by atomic mass is 32.2. The molecule has 6 N–H and O–H groups in total. The van der Waals surface area contributed by atoms with Crippen LogP contribution in [0.2, 0.25) is 0 Å². The lowest BCUT2D eigenvalue weighted by Gasteiger charge is -2.36. The van der Waals surface area contributed by atoms with Crippen LogP contribution in [0.15, 0.2) is 24.8 Å². The summed E-state index contributed by atoms with van der Waals surface area (Å²) >= 11 is 0.752. The van der Waals surface area contributed by atoms with Crippen LogP contribution in [-0.4, -0.2) is 109 Å². The largest absolute Gasteiger partial charge is 0.790 e. The maximum absolute atomic E-state index is 12.5. The number of nitrogens with one attached hydrogen (secondary N) is 2. The highest BCUT2D eigenvalue weighted by Gasteiger charge is 2.47. The Hall–Kier alpha value is -3.23. The molecule has 0 bridgehead atoms. The van der Waals surface area contributed by atoms with Gasteiger partial charge in [-0.15, -0.1) is 0 Å². The van der Waals surface area contributed by atoms with Crippen molar-refractivity contribution in [2.45, 2.75) is 57.3 Å². The molecule has 1 aliphatic rings. The highest BCUT2D eigenvalue weighted by molar-refractivity contribution is 8.13. The van der Waals surface area contributed by atoms with Gasteiger partial charge in [0.25, 0.3) is 15.6 Å². The number of amides is 2. The summed E-state index contributed by atoms with van der Waals surface area (Å²) in [5.74, 6) is -3.18. The SMILES string of the molecule is C=C(CC(=O)SCCNC(=O)CCNC(=O)[C@H](O)C(C)(C)COP(=O)([O-])OP(=O)([O-])OC[C@H]1O[C@@H](n2cnc3c(N)ncnc32)[C@H](O)[C@@H]1OP(=O)([O-])[O-])C(=O)[O-]. The number of imidazole rings is 1. The molecule has 0 spiro atoms. The van der Waals surface area contributed by atoms with E-state index in [0.717, 1.165) is 42.8 Å². The van der Waals surface area contributed by atoms with Crippen molar-refractivity contribution in [1.29, 1.82) is 0 Å². The second-order valence-electron chi connectivity index (χ2n) is 12.3. The van der Waals surface area contributed by atoms with Gasteiger partial charge in [-0.25, -0.2) is 19.3 Å². The Bertz CT molecular complexity index is 1930. The number of fused-ring (bicyclic) bond motifs is 1. The molecule has 314 valence electrons. The number of nitrogens with zero attached hydrogens (tertiary/aromatic N) is 4. The van der Waals surface area contributed by atoms with Crippen molar-refractivity contribution in [2.24, 2.45) is 5.41 Å². The first-order valence-electron chi connectivity index (χ1n) is 15.7. The van der Waals surface area contributed by atoms with Gasteiger partial charge >= 0.3 is 0 Å². The smallest absolute Gasteiger partial charge is 0.274 e. The van der Waals surface area contributed by atoms with Crippen LogP contribution in [0.25, 0.3) is 11.2 Å². The Morgan fingerprint density at radius 3 is 2.39 bits per heavy atom. The van der Waals surface area contributed by atoms with Gasteiger partial charge in [0, 0.05) is 37.1 Å². The molecule has 1 fully saturated rings. The Kier molecular flexibility index (Phi) is 16.4. The second-order valence-corrected chi connectivity index (χ2v) is 17.5. The number of nitrogen functional groups attached to an aromatic ring is 1. The van der Waals surface area contributed by atoms with Crippen LogP contribution >= 0.6 is 35.2 Å². The second kappa shape index (κ2) is 19.5. The van der Waals surface area contributed by atoms with Crippen LogP contribution in [-0.2, 0) is 55.5 Å². The van der Waals surface area contributed by atoms with Crippen molar-refractivity contribution >= 4 is 75.1 Å². The zero-order chi connectivity index (χ0) is 42.2. The van der Waals surface area contributed by atoms with Crippen molar-refractivity contribution < 1.29 is 90.4 Å². The van der Waals surface area contributed by atoms with Crippen molar-refractivity contribution in [3.63, 3.8) is 0 Å². The molecule has 1 aliphatic heterocycles. The van der Waals surface area contributed by atoms with E-state index >= 15 is 0 Å². The van der Waals surface area contributed by atoms with E-state index in [9.17, 15) is 67.8 Å². The molecule has 0 saturated carbocycles. The summed E-state index contributed by atoms with van der Waals surface area (Å²) in [5, 5.41) is 36.0. The lowest BCUT2D eigenvalue weighted by Crippen LogP contribution is -2.46. The lowest BCUT2D eigenvalue weighted by atomic mass is 9.87. The van der Waals surface area contributed by atoms with Gasteiger partial charge in [0.1, 0.15) is 36.3 Å². The predicted molar refractivity (Wildman–Crippen MR) is 177 cm³/mol. The highest BCUT2D eigenvalue weighted by Crippen LogP contribution is 2.56. The fourth-order valence-electron chi connectivity index (χ4n) is 4.57. The number of hydrogen-bond acceptors (Lipinski definition) is 24. The van der Waals surface area contributed by atoms with E-state index < -0.39 is 108 Å². The number of phosphoric ester groups is 3. The minimum absolute atomic E-state index is 0.0158. The van der Waals surface area contributed by atoms with Crippen LogP contribution in [0.5, 0.6) is 0 Å². The Balaban J connectivity index is 1.49. The van der Waals surface area contributed by atoms with Crippen LogP contribution < -0.4 is 41.0 Å². The molecule has 3 rings (SSSR count). The first-order chi connectivity index (χ1) is 25.8. The third-order valence-corrected chi connectivity index (χ3v) is 11.3. The van der Waals surface area contributed by atoms with Crippen LogP contribution in [0.1, 0.15) is 32.9 Å². The molecule has 2 aromatic heterocycles. The number of carbonyl (C=O) groups is 4. The summed E-state index contributed by atoms with van der Waals surface area (Å²) in [5.41, 5.74) is 3.59. The molecule has 2 aromatic rings. The first-order valence-corrected chi connectivity index (χ1v) is 21.1. The number of rotatable bonds is 22. The van der Waals surface area contributed by atoms with Gasteiger partial charge in [-0.05, 0) is 5.57 Å². The summed E-state index contributed by atoms with van der Waals surface area (Å²) in [7, 11) is -17.7. The number of anilines is 1. The van der Waals surface area contributed by atoms with E-state index in [1.54, 1.807) is 0 Å². The standard InChI is InChI=1S/C26H40N7O19P3S/c1-13(25(39)40)8-16(35)56-7-6-28-15(34)4-5-29-23(38)20(37)26(2,3)10-49-55(46,47)52-54(44,45)48-9-14-19(51-53(41,42)43)18(36)24(50-14)33-12-32-17-21(27)30-11-31-22(17)33/h11-12,14,18-20,24,36-37H,1,4-10H2,2-3H3,(H,28,34)(H,29,38)(H,39,40)(H,44,45)(H,46,47)(H2,27,30,31)(H2,41,42,43)/p-5/t14-,18-,19-,20+,24-/m1/s1. The number of aromatic nitrogens is 4. The maximum Gasteiger partial charge on any atom is 0.274 e. The third kappa shape index (κ3) is 14.0. The number of phosphoric acid groups is 3. The molecular formula is C26H35N7O19P3S-5. The van der Waals surface area contributed by atoms with E-state index in [0.29, 0.717) is 0 Å². The zero-order valence-electron chi connectivity index (χ0n) is 29.1. The van der Waals surface area contributed by atoms with Gasteiger partial charge in [0.15, 0.2) is 22.8 Å². The fourth-order valence-corrected chi connectivity index (χ4v) is 8.01. The van der Waals surface area contributed by atoms with Crippen LogP contribution in [0, 0.1) is 5.41 Å². The monoisotopic (exact) mass is 874 g/mol. The van der Waals surface area contributed by atoms with Gasteiger partial charge < -0.3 is 78.9 Å². The summed E-state index contributed by atoms with van der Waals surface area (Å²) in [6, 6.07) is 0. The predicted octanol–water partition coefficient (Wildman–Crippen LogP) is -5.17. The molecule has 56 heavy (non-hydrogen) atoms. The first kappa shape index (κ1) is 47.1. The van der Waals surface area contributed by atoms with Crippen molar-refractivity contribution in [1.82, 2.24) is 30.2 Å².